The van der Waals surface area contributed by atoms with Gasteiger partial charge in [0.05, 0.1) is 16.7 Å². The van der Waals surface area contributed by atoms with Gasteiger partial charge in [0, 0.05) is 38.3 Å². The summed E-state index contributed by atoms with van der Waals surface area (Å²) in [7, 11) is 1.68. The van der Waals surface area contributed by atoms with Gasteiger partial charge < -0.3 is 9.80 Å². The number of nitrogens with zero attached hydrogens (tertiary/aromatic N) is 3. The number of fused-ring (bicyclic) bond motifs is 1. The summed E-state index contributed by atoms with van der Waals surface area (Å²) in [6.07, 6.45) is 1.49. The molecule has 0 aliphatic carbocycles. The Hall–Kier alpha value is -4.08. The van der Waals surface area contributed by atoms with Gasteiger partial charge in [-0.25, -0.2) is 4.39 Å². The van der Waals surface area contributed by atoms with Gasteiger partial charge in [-0.3, -0.25) is 34.2 Å². The second kappa shape index (κ2) is 9.18. The van der Waals surface area contributed by atoms with Gasteiger partial charge in [0.15, 0.2) is 0 Å². The largest absolute Gasteiger partial charge is 0.371 e. The highest BCUT2D eigenvalue weighted by Crippen LogP contribution is 2.32. The lowest BCUT2D eigenvalue weighted by atomic mass is 10.0. The lowest BCUT2D eigenvalue weighted by Gasteiger charge is -2.38. The standard InChI is InChI=1S/C26H25FN4O5/c1-29(24(34)18-4-2-3-5-20(18)27)15-10-12-30(13-11-15)16-6-7-17-19(14-16)26(36)31(25(17)35)21-8-9-22(32)28-23(21)33/h2-7,14-15,21H,8-13H2,1H3,(H,28,32,33). The Bertz CT molecular complexity index is 1290. The number of carbonyl (C=O) groups is 5. The first-order chi connectivity index (χ1) is 17.3. The predicted octanol–water partition coefficient (Wildman–Crippen LogP) is 1.97. The number of halogens is 1. The molecule has 0 radical (unpaired) electrons. The molecule has 0 spiro atoms. The second-order valence-electron chi connectivity index (χ2n) is 9.29. The van der Waals surface area contributed by atoms with E-state index in [-0.39, 0.29) is 41.5 Å². The van der Waals surface area contributed by atoms with Crippen LogP contribution < -0.4 is 10.2 Å². The number of amides is 5. The van der Waals surface area contributed by atoms with E-state index in [9.17, 15) is 28.4 Å². The zero-order chi connectivity index (χ0) is 25.6. The topological polar surface area (TPSA) is 107 Å². The smallest absolute Gasteiger partial charge is 0.262 e. The van der Waals surface area contributed by atoms with E-state index < -0.39 is 35.5 Å². The van der Waals surface area contributed by atoms with Crippen molar-refractivity contribution in [1.29, 1.82) is 0 Å². The Kier molecular flexibility index (Phi) is 6.03. The third-order valence-corrected chi connectivity index (χ3v) is 7.23. The highest BCUT2D eigenvalue weighted by atomic mass is 19.1. The average molecular weight is 493 g/mol. The molecule has 9 nitrogen and oxygen atoms in total. The average Bonchev–Trinajstić information content (AvgIpc) is 3.13. The number of imide groups is 2. The number of nitrogens with one attached hydrogen (secondary N) is 1. The fourth-order valence-corrected chi connectivity index (χ4v) is 5.16. The normalized spacial score (nSPS) is 20.4. The van der Waals surface area contributed by atoms with Gasteiger partial charge in [0.1, 0.15) is 11.9 Å². The molecule has 36 heavy (non-hydrogen) atoms. The van der Waals surface area contributed by atoms with Crippen LogP contribution in [0.4, 0.5) is 10.1 Å². The molecule has 3 aliphatic rings. The van der Waals surface area contributed by atoms with Crippen molar-refractivity contribution in [3.05, 3.63) is 65.0 Å². The van der Waals surface area contributed by atoms with Crippen molar-refractivity contribution in [1.82, 2.24) is 15.1 Å². The van der Waals surface area contributed by atoms with Crippen LogP contribution in [0.25, 0.3) is 0 Å². The first-order valence-corrected chi connectivity index (χ1v) is 11.9. The predicted molar refractivity (Wildman–Crippen MR) is 127 cm³/mol. The van der Waals surface area contributed by atoms with Crippen molar-refractivity contribution < 1.29 is 28.4 Å². The van der Waals surface area contributed by atoms with Crippen LogP contribution in [-0.2, 0) is 9.59 Å². The number of piperidine rings is 2. The van der Waals surface area contributed by atoms with Crippen molar-refractivity contribution in [2.24, 2.45) is 0 Å². The van der Waals surface area contributed by atoms with Gasteiger partial charge in [-0.2, -0.15) is 0 Å². The highest BCUT2D eigenvalue weighted by Gasteiger charge is 2.44. The molecule has 1 N–H and O–H groups in total. The molecular weight excluding hydrogens is 467 g/mol. The number of carbonyl (C=O) groups excluding carboxylic acids is 5. The fraction of sp³-hybridized carbons (Fsp3) is 0.346. The summed E-state index contributed by atoms with van der Waals surface area (Å²) in [5, 5.41) is 2.19. The van der Waals surface area contributed by atoms with Crippen molar-refractivity contribution >= 4 is 35.2 Å². The molecule has 1 unspecified atom stereocenters. The number of rotatable bonds is 4. The third-order valence-electron chi connectivity index (χ3n) is 7.23. The third kappa shape index (κ3) is 4.02. The minimum absolute atomic E-state index is 0.0461. The molecule has 2 saturated heterocycles. The highest BCUT2D eigenvalue weighted by molar-refractivity contribution is 6.23. The summed E-state index contributed by atoms with van der Waals surface area (Å²) in [5.74, 6) is -3.05. The summed E-state index contributed by atoms with van der Waals surface area (Å²) in [6, 6.07) is 9.89. The van der Waals surface area contributed by atoms with E-state index in [2.05, 4.69) is 10.2 Å². The Morgan fingerprint density at radius 3 is 2.36 bits per heavy atom. The van der Waals surface area contributed by atoms with Crippen LogP contribution in [0.1, 0.15) is 56.8 Å². The summed E-state index contributed by atoms with van der Waals surface area (Å²) >= 11 is 0. The van der Waals surface area contributed by atoms with Crippen LogP contribution in [0.5, 0.6) is 0 Å². The maximum absolute atomic E-state index is 14.1. The summed E-state index contributed by atoms with van der Waals surface area (Å²) in [6.45, 7) is 1.22. The Balaban J connectivity index is 1.27. The summed E-state index contributed by atoms with van der Waals surface area (Å²) in [5.41, 5.74) is 1.28. The quantitative estimate of drug-likeness (QED) is 0.654. The van der Waals surface area contributed by atoms with Crippen LogP contribution in [-0.4, -0.2) is 71.6 Å². The van der Waals surface area contributed by atoms with E-state index in [0.717, 1.165) is 10.6 Å². The van der Waals surface area contributed by atoms with Crippen LogP contribution in [0, 0.1) is 5.82 Å². The molecule has 1 atom stereocenters. The number of benzene rings is 2. The van der Waals surface area contributed by atoms with Crippen molar-refractivity contribution in [3.8, 4) is 0 Å². The van der Waals surface area contributed by atoms with Crippen LogP contribution in [0.3, 0.4) is 0 Å². The minimum Gasteiger partial charge on any atom is -0.371 e. The monoisotopic (exact) mass is 492 g/mol. The molecule has 3 heterocycles. The molecule has 0 saturated carbocycles. The van der Waals surface area contributed by atoms with Crippen LogP contribution in [0.15, 0.2) is 42.5 Å². The Labute approximate surface area is 206 Å². The van der Waals surface area contributed by atoms with Crippen molar-refractivity contribution in [2.75, 3.05) is 25.0 Å². The van der Waals surface area contributed by atoms with Gasteiger partial charge in [0.2, 0.25) is 11.8 Å². The van der Waals surface area contributed by atoms with Gasteiger partial charge in [-0.05, 0) is 49.6 Å². The molecule has 0 bridgehead atoms. The minimum atomic E-state index is -1.00. The van der Waals surface area contributed by atoms with E-state index in [0.29, 0.717) is 25.9 Å². The maximum atomic E-state index is 14.1. The zero-order valence-corrected chi connectivity index (χ0v) is 19.7. The zero-order valence-electron chi connectivity index (χ0n) is 19.7. The van der Waals surface area contributed by atoms with E-state index in [1.807, 2.05) is 0 Å². The molecule has 186 valence electrons. The van der Waals surface area contributed by atoms with E-state index in [1.54, 1.807) is 42.3 Å². The van der Waals surface area contributed by atoms with E-state index in [4.69, 9.17) is 0 Å². The molecule has 5 rings (SSSR count). The molecule has 2 aromatic carbocycles. The number of anilines is 1. The van der Waals surface area contributed by atoms with Gasteiger partial charge in [-0.15, -0.1) is 0 Å². The molecule has 3 aliphatic heterocycles. The molecular formula is C26H25FN4O5. The van der Waals surface area contributed by atoms with Crippen molar-refractivity contribution in [2.45, 2.75) is 37.8 Å². The molecule has 10 heteroatoms. The first kappa shape index (κ1) is 23.7. The van der Waals surface area contributed by atoms with Gasteiger partial charge in [0.25, 0.3) is 17.7 Å². The lowest BCUT2D eigenvalue weighted by molar-refractivity contribution is -0.136. The van der Waals surface area contributed by atoms with Gasteiger partial charge in [-0.1, -0.05) is 12.1 Å². The number of hydrogen-bond acceptors (Lipinski definition) is 6. The van der Waals surface area contributed by atoms with E-state index in [1.165, 1.54) is 12.1 Å². The van der Waals surface area contributed by atoms with Gasteiger partial charge >= 0.3 is 0 Å². The number of hydrogen-bond donors (Lipinski definition) is 1. The molecule has 2 aromatic rings. The second-order valence-corrected chi connectivity index (χ2v) is 9.29. The van der Waals surface area contributed by atoms with E-state index >= 15 is 0 Å². The first-order valence-electron chi connectivity index (χ1n) is 11.9. The maximum Gasteiger partial charge on any atom is 0.262 e. The molecule has 5 amide bonds. The SMILES string of the molecule is CN(C(=O)c1ccccc1F)C1CCN(c2ccc3c(c2)C(=O)N(C2CCC(=O)NC2=O)C3=O)CC1. The van der Waals surface area contributed by atoms with Crippen LogP contribution in [0.2, 0.25) is 0 Å². The van der Waals surface area contributed by atoms with Crippen molar-refractivity contribution in [3.63, 3.8) is 0 Å². The molecule has 0 aromatic heterocycles. The fourth-order valence-electron chi connectivity index (χ4n) is 5.16. The molecule has 2 fully saturated rings. The Morgan fingerprint density at radius 1 is 0.972 bits per heavy atom. The summed E-state index contributed by atoms with van der Waals surface area (Å²) < 4.78 is 14.1. The summed E-state index contributed by atoms with van der Waals surface area (Å²) in [4.78, 5) is 67.1. The lowest BCUT2D eigenvalue weighted by Crippen LogP contribution is -2.54. The Morgan fingerprint density at radius 2 is 1.67 bits per heavy atom. The van der Waals surface area contributed by atoms with Crippen LogP contribution >= 0.6 is 0 Å².